The maximum Gasteiger partial charge on any atom is 0.289 e. The molecule has 252 valence electrons. The van der Waals surface area contributed by atoms with Gasteiger partial charge in [-0.15, -0.1) is 10.2 Å². The van der Waals surface area contributed by atoms with Crippen LogP contribution < -0.4 is 5.32 Å². The summed E-state index contributed by atoms with van der Waals surface area (Å²) < 4.78 is 1.67. The van der Waals surface area contributed by atoms with Crippen molar-refractivity contribution < 1.29 is 19.8 Å². The minimum Gasteiger partial charge on any atom is -0.508 e. The van der Waals surface area contributed by atoms with Gasteiger partial charge in [-0.2, -0.15) is 0 Å². The van der Waals surface area contributed by atoms with Gasteiger partial charge in [0.25, 0.3) is 5.91 Å². The second kappa shape index (κ2) is 15.3. The van der Waals surface area contributed by atoms with Crippen molar-refractivity contribution in [1.29, 1.82) is 0 Å². The number of nitrogens with zero attached hydrogens (tertiary/aromatic N) is 7. The van der Waals surface area contributed by atoms with Crippen molar-refractivity contribution in [1.82, 2.24) is 39.7 Å². The van der Waals surface area contributed by atoms with Gasteiger partial charge >= 0.3 is 0 Å². The van der Waals surface area contributed by atoms with Crippen molar-refractivity contribution in [3.63, 3.8) is 0 Å². The molecule has 3 fully saturated rings. The molecule has 0 radical (unpaired) electrons. The molecule has 3 aliphatic rings. The topological polar surface area (TPSA) is 130 Å². The van der Waals surface area contributed by atoms with Crippen LogP contribution in [0.3, 0.4) is 0 Å². The monoisotopic (exact) mass is 644 g/mol. The van der Waals surface area contributed by atoms with Gasteiger partial charge in [-0.3, -0.25) is 19.1 Å². The van der Waals surface area contributed by atoms with E-state index >= 15 is 0 Å². The number of carbonyl (C=O) groups excluding carboxylic acids is 2. The highest BCUT2D eigenvalue weighted by Gasteiger charge is 2.26. The van der Waals surface area contributed by atoms with Gasteiger partial charge in [0.2, 0.25) is 11.7 Å². The van der Waals surface area contributed by atoms with Gasteiger partial charge < -0.3 is 30.2 Å². The fourth-order valence-electron chi connectivity index (χ4n) is 7.08. The number of hydrogen-bond acceptors (Lipinski definition) is 9. The average molecular weight is 645 g/mol. The molecule has 3 N–H and O–H groups in total. The second-order valence-electron chi connectivity index (χ2n) is 13.2. The van der Waals surface area contributed by atoms with Crippen LogP contribution in [-0.2, 0) is 11.3 Å². The number of piperidine rings is 2. The molecule has 3 saturated heterocycles. The van der Waals surface area contributed by atoms with Crippen molar-refractivity contribution in [2.75, 3.05) is 72.0 Å². The van der Waals surface area contributed by atoms with E-state index in [9.17, 15) is 19.8 Å². The van der Waals surface area contributed by atoms with Crippen molar-refractivity contribution >= 4 is 11.8 Å². The third kappa shape index (κ3) is 8.30. The zero-order valence-electron chi connectivity index (χ0n) is 27.5. The molecule has 0 bridgehead atoms. The molecule has 0 aliphatic carbocycles. The highest BCUT2D eigenvalue weighted by atomic mass is 16.3. The summed E-state index contributed by atoms with van der Waals surface area (Å²) in [5, 5.41) is 32.1. The van der Waals surface area contributed by atoms with Crippen LogP contribution in [-0.4, -0.2) is 128 Å². The number of aromatic nitrogens is 3. The Labute approximate surface area is 277 Å². The molecular weight excluding hydrogens is 596 g/mol. The van der Waals surface area contributed by atoms with Gasteiger partial charge in [0.1, 0.15) is 11.5 Å². The minimum atomic E-state index is -0.328. The molecule has 1 aromatic heterocycles. The lowest BCUT2D eigenvalue weighted by Crippen LogP contribution is -2.48. The van der Waals surface area contributed by atoms with E-state index in [1.807, 2.05) is 17.0 Å². The number of benzene rings is 2. The molecule has 3 aliphatic heterocycles. The van der Waals surface area contributed by atoms with Crippen LogP contribution in [0.1, 0.15) is 55.2 Å². The largest absolute Gasteiger partial charge is 0.508 e. The Kier molecular flexibility index (Phi) is 10.7. The molecule has 12 nitrogen and oxygen atoms in total. The molecule has 2 aromatic carbocycles. The molecule has 47 heavy (non-hydrogen) atoms. The smallest absolute Gasteiger partial charge is 0.289 e. The molecule has 3 aromatic rings. The van der Waals surface area contributed by atoms with Gasteiger partial charge in [0, 0.05) is 84.1 Å². The predicted octanol–water partition coefficient (Wildman–Crippen LogP) is 2.94. The summed E-state index contributed by atoms with van der Waals surface area (Å²) in [5.74, 6) is 0.777. The molecule has 0 saturated carbocycles. The Morgan fingerprint density at radius 3 is 2.21 bits per heavy atom. The summed E-state index contributed by atoms with van der Waals surface area (Å²) in [6.07, 6.45) is 5.83. The Morgan fingerprint density at radius 2 is 1.53 bits per heavy atom. The van der Waals surface area contributed by atoms with E-state index in [1.54, 1.807) is 17.6 Å². The predicted molar refractivity (Wildman–Crippen MR) is 179 cm³/mol. The number of phenolic OH excluding ortho intramolecular Hbond substituents is 2. The number of hydrogen-bond donors (Lipinski definition) is 3. The fourth-order valence-corrected chi connectivity index (χ4v) is 7.08. The fraction of sp³-hybridized carbons (Fsp3) is 0.543. The summed E-state index contributed by atoms with van der Waals surface area (Å²) in [5.41, 5.74) is 2.26. The van der Waals surface area contributed by atoms with E-state index in [-0.39, 0.29) is 29.1 Å². The first-order valence-corrected chi connectivity index (χ1v) is 17.1. The van der Waals surface area contributed by atoms with Crippen LogP contribution >= 0.6 is 0 Å². The van der Waals surface area contributed by atoms with E-state index in [0.717, 1.165) is 84.8 Å². The second-order valence-corrected chi connectivity index (χ2v) is 13.2. The number of amides is 2. The van der Waals surface area contributed by atoms with Crippen molar-refractivity contribution in [3.05, 3.63) is 53.9 Å². The third-order valence-electron chi connectivity index (χ3n) is 9.89. The first-order chi connectivity index (χ1) is 22.8. The summed E-state index contributed by atoms with van der Waals surface area (Å²) in [6, 6.07) is 12.4. The van der Waals surface area contributed by atoms with E-state index in [2.05, 4.69) is 42.3 Å². The third-order valence-corrected chi connectivity index (χ3v) is 9.89. The lowest BCUT2D eigenvalue weighted by atomic mass is 9.96. The quantitative estimate of drug-likeness (QED) is 0.305. The Balaban J connectivity index is 1.10. The van der Waals surface area contributed by atoms with Gasteiger partial charge in [-0.1, -0.05) is 18.6 Å². The zero-order chi connectivity index (χ0) is 32.8. The number of nitrogens with one attached hydrogen (secondary N) is 1. The van der Waals surface area contributed by atoms with Crippen LogP contribution in [0.25, 0.3) is 17.1 Å². The SMILES string of the molecule is CC(=O)N1CCC(CN2CCN(Cc3ccc(-n4c(C(=O)NCCN5CCCCC5)nnc4-c4ccc(O)cc4O)cc3)CC2)CC1. The summed E-state index contributed by atoms with van der Waals surface area (Å²) in [6.45, 7) is 12.9. The summed E-state index contributed by atoms with van der Waals surface area (Å²) >= 11 is 0. The molecule has 6 rings (SSSR count). The molecule has 0 atom stereocenters. The first-order valence-electron chi connectivity index (χ1n) is 17.1. The van der Waals surface area contributed by atoms with Gasteiger partial charge in [-0.05, 0) is 74.5 Å². The van der Waals surface area contributed by atoms with Gasteiger partial charge in [0.15, 0.2) is 5.82 Å². The Hall–Kier alpha value is -4.00. The number of aromatic hydroxyl groups is 2. The molecule has 4 heterocycles. The van der Waals surface area contributed by atoms with E-state index in [0.29, 0.717) is 29.5 Å². The van der Waals surface area contributed by atoms with Gasteiger partial charge in [-0.25, -0.2) is 0 Å². The van der Waals surface area contributed by atoms with Crippen LogP contribution in [0, 0.1) is 5.92 Å². The molecule has 0 unspecified atom stereocenters. The maximum absolute atomic E-state index is 13.4. The van der Waals surface area contributed by atoms with Gasteiger partial charge in [0.05, 0.1) is 5.56 Å². The molecular formula is C35H48N8O4. The van der Waals surface area contributed by atoms with E-state index in [1.165, 1.54) is 37.0 Å². The number of piperazine rings is 1. The van der Waals surface area contributed by atoms with E-state index in [4.69, 9.17) is 0 Å². The standard InChI is InChI=1S/C35H48N8O4/c1-26(44)42-16-11-28(12-17-42)25-41-21-19-40(20-22-41)24-27-5-7-29(8-6-27)43-33(31-10-9-30(45)23-32(31)46)37-38-34(43)35(47)36-13-18-39-14-3-2-4-15-39/h5-10,23,28,45-46H,2-4,11-22,24-25H2,1H3,(H,36,47). The van der Waals surface area contributed by atoms with Crippen LogP contribution in [0.2, 0.25) is 0 Å². The molecule has 12 heteroatoms. The summed E-state index contributed by atoms with van der Waals surface area (Å²) in [4.78, 5) is 34.4. The zero-order valence-corrected chi connectivity index (χ0v) is 27.5. The molecule has 0 spiro atoms. The first kappa shape index (κ1) is 32.9. The highest BCUT2D eigenvalue weighted by molar-refractivity contribution is 5.92. The number of phenols is 2. The van der Waals surface area contributed by atoms with Crippen LogP contribution in [0.4, 0.5) is 0 Å². The van der Waals surface area contributed by atoms with Crippen molar-refractivity contribution in [3.8, 4) is 28.6 Å². The van der Waals surface area contributed by atoms with Crippen molar-refractivity contribution in [2.45, 2.75) is 45.6 Å². The lowest BCUT2D eigenvalue weighted by Gasteiger charge is -2.38. The Bertz CT molecular complexity index is 1500. The normalized spacial score (nSPS) is 18.8. The highest BCUT2D eigenvalue weighted by Crippen LogP contribution is 2.33. The summed E-state index contributed by atoms with van der Waals surface area (Å²) in [7, 11) is 0. The average Bonchev–Trinajstić information content (AvgIpc) is 3.52. The lowest BCUT2D eigenvalue weighted by molar-refractivity contribution is -0.130. The maximum atomic E-state index is 13.4. The van der Waals surface area contributed by atoms with E-state index < -0.39 is 0 Å². The minimum absolute atomic E-state index is 0.0619. The Morgan fingerprint density at radius 1 is 0.830 bits per heavy atom. The van der Waals surface area contributed by atoms with Crippen molar-refractivity contribution in [2.24, 2.45) is 5.92 Å². The number of likely N-dealkylation sites (tertiary alicyclic amines) is 2. The number of rotatable bonds is 10. The molecule has 2 amide bonds. The number of carbonyl (C=O) groups is 2. The van der Waals surface area contributed by atoms with Crippen LogP contribution in [0.5, 0.6) is 11.5 Å². The van der Waals surface area contributed by atoms with Crippen LogP contribution in [0.15, 0.2) is 42.5 Å².